The van der Waals surface area contributed by atoms with Crippen molar-refractivity contribution in [1.29, 1.82) is 0 Å². The molecule has 29 heavy (non-hydrogen) atoms. The van der Waals surface area contributed by atoms with Crippen LogP contribution >= 0.6 is 0 Å². The van der Waals surface area contributed by atoms with Gasteiger partial charge in [0.15, 0.2) is 5.82 Å². The first-order chi connectivity index (χ1) is 13.5. The van der Waals surface area contributed by atoms with Crippen molar-refractivity contribution in [2.24, 2.45) is 0 Å². The van der Waals surface area contributed by atoms with Crippen LogP contribution in [0.15, 0.2) is 59.8 Å². The Labute approximate surface area is 161 Å². The van der Waals surface area contributed by atoms with Crippen LogP contribution in [-0.4, -0.2) is 19.2 Å². The van der Waals surface area contributed by atoms with Crippen LogP contribution in [0.3, 0.4) is 0 Å². The van der Waals surface area contributed by atoms with Crippen LogP contribution < -0.4 is 4.72 Å². The SMILES string of the molecule is O=C(c1cc[nH]c1)c1c(F)ccc(NS(=O)(=O)c2ccc(C(F)(F)F)cc2)c1F. The van der Waals surface area contributed by atoms with E-state index in [2.05, 4.69) is 4.98 Å². The standard InChI is InChI=1S/C18H11F5N2O3S/c19-13-5-6-14(16(20)15(13)17(26)10-7-8-24-9-10)25-29(27,28)12-3-1-11(2-4-12)18(21,22)23/h1-9,24-25H. The molecule has 3 aromatic rings. The van der Waals surface area contributed by atoms with Crippen LogP contribution in [0.25, 0.3) is 0 Å². The normalized spacial score (nSPS) is 12.0. The molecular formula is C18H11F5N2O3S. The summed E-state index contributed by atoms with van der Waals surface area (Å²) < 4.78 is 93.1. The Morgan fingerprint density at radius 3 is 2.17 bits per heavy atom. The minimum absolute atomic E-state index is 0.0504. The van der Waals surface area contributed by atoms with Crippen LogP contribution in [0.1, 0.15) is 21.5 Å². The van der Waals surface area contributed by atoms with E-state index in [-0.39, 0.29) is 5.56 Å². The predicted molar refractivity (Wildman–Crippen MR) is 92.8 cm³/mol. The van der Waals surface area contributed by atoms with Gasteiger partial charge in [0.1, 0.15) is 5.82 Å². The molecule has 152 valence electrons. The molecule has 0 saturated carbocycles. The zero-order valence-electron chi connectivity index (χ0n) is 14.2. The van der Waals surface area contributed by atoms with Crippen molar-refractivity contribution in [2.75, 3.05) is 4.72 Å². The summed E-state index contributed by atoms with van der Waals surface area (Å²) in [5, 5.41) is 0. The number of nitrogens with one attached hydrogen (secondary N) is 2. The minimum atomic E-state index is -4.66. The summed E-state index contributed by atoms with van der Waals surface area (Å²) in [6, 6.07) is 5.23. The van der Waals surface area contributed by atoms with Crippen molar-refractivity contribution < 1.29 is 35.2 Å². The van der Waals surface area contributed by atoms with Gasteiger partial charge in [-0.25, -0.2) is 17.2 Å². The van der Waals surface area contributed by atoms with Crippen LogP contribution in [0.4, 0.5) is 27.6 Å². The Hall–Kier alpha value is -3.21. The van der Waals surface area contributed by atoms with Gasteiger partial charge < -0.3 is 4.98 Å². The maximum absolute atomic E-state index is 14.7. The van der Waals surface area contributed by atoms with E-state index < -0.39 is 55.3 Å². The number of aromatic nitrogens is 1. The van der Waals surface area contributed by atoms with Crippen LogP contribution in [0, 0.1) is 11.6 Å². The summed E-state index contributed by atoms with van der Waals surface area (Å²) in [6.45, 7) is 0. The van der Waals surface area contributed by atoms with Gasteiger partial charge in [0, 0.05) is 18.0 Å². The number of hydrogen-bond acceptors (Lipinski definition) is 3. The second kappa shape index (κ2) is 7.32. The van der Waals surface area contributed by atoms with Gasteiger partial charge in [-0.15, -0.1) is 0 Å². The fourth-order valence-corrected chi connectivity index (χ4v) is 3.54. The number of carbonyl (C=O) groups is 1. The van der Waals surface area contributed by atoms with Crippen molar-refractivity contribution >= 4 is 21.5 Å². The second-order valence-electron chi connectivity index (χ2n) is 5.84. The van der Waals surface area contributed by atoms with Gasteiger partial charge in [0.05, 0.1) is 21.7 Å². The number of ketones is 1. The maximum atomic E-state index is 14.7. The van der Waals surface area contributed by atoms with E-state index in [1.54, 1.807) is 0 Å². The number of H-pyrrole nitrogens is 1. The third-order valence-electron chi connectivity index (χ3n) is 3.91. The van der Waals surface area contributed by atoms with Gasteiger partial charge >= 0.3 is 6.18 Å². The average Bonchev–Trinajstić information content (AvgIpc) is 3.18. The van der Waals surface area contributed by atoms with Crippen molar-refractivity contribution in [3.05, 3.63) is 83.2 Å². The molecule has 3 rings (SSSR count). The molecule has 2 aromatic carbocycles. The minimum Gasteiger partial charge on any atom is -0.367 e. The third kappa shape index (κ3) is 4.14. The van der Waals surface area contributed by atoms with Crippen LogP contribution in [0.5, 0.6) is 0 Å². The lowest BCUT2D eigenvalue weighted by Gasteiger charge is -2.12. The molecule has 0 radical (unpaired) electrons. The molecule has 0 spiro atoms. The summed E-state index contributed by atoms with van der Waals surface area (Å²) in [5.74, 6) is -3.67. The summed E-state index contributed by atoms with van der Waals surface area (Å²) in [7, 11) is -4.50. The molecule has 1 heterocycles. The molecule has 11 heteroatoms. The molecule has 0 aliphatic rings. The number of carbonyl (C=O) groups excluding carboxylic acids is 1. The molecule has 0 aliphatic heterocycles. The lowest BCUT2D eigenvalue weighted by Crippen LogP contribution is -2.17. The first-order valence-electron chi connectivity index (χ1n) is 7.86. The van der Waals surface area contributed by atoms with E-state index in [0.29, 0.717) is 30.3 Å². The number of benzene rings is 2. The molecule has 5 nitrogen and oxygen atoms in total. The summed E-state index contributed by atoms with van der Waals surface area (Å²) in [6.07, 6.45) is -2.09. The second-order valence-corrected chi connectivity index (χ2v) is 7.52. The van der Waals surface area contributed by atoms with E-state index in [9.17, 15) is 35.2 Å². The number of hydrogen-bond donors (Lipinski definition) is 2. The predicted octanol–water partition coefficient (Wildman–Crippen LogP) is 4.34. The van der Waals surface area contributed by atoms with E-state index in [0.717, 1.165) is 6.07 Å². The first-order valence-corrected chi connectivity index (χ1v) is 9.34. The molecule has 0 saturated heterocycles. The highest BCUT2D eigenvalue weighted by molar-refractivity contribution is 7.92. The van der Waals surface area contributed by atoms with Crippen molar-refractivity contribution in [3.63, 3.8) is 0 Å². The van der Waals surface area contributed by atoms with Crippen molar-refractivity contribution in [3.8, 4) is 0 Å². The number of anilines is 1. The topological polar surface area (TPSA) is 79.0 Å². The molecule has 0 amide bonds. The van der Waals surface area contributed by atoms with Gasteiger partial charge in [-0.05, 0) is 42.5 Å². The lowest BCUT2D eigenvalue weighted by atomic mass is 10.0. The van der Waals surface area contributed by atoms with Crippen LogP contribution in [-0.2, 0) is 16.2 Å². The molecule has 0 bridgehead atoms. The molecule has 0 aliphatic carbocycles. The average molecular weight is 430 g/mol. The van der Waals surface area contributed by atoms with Gasteiger partial charge in [-0.1, -0.05) is 0 Å². The van der Waals surface area contributed by atoms with E-state index in [1.165, 1.54) is 18.5 Å². The molecule has 0 atom stereocenters. The molecule has 0 unspecified atom stereocenters. The highest BCUT2D eigenvalue weighted by Crippen LogP contribution is 2.30. The zero-order chi connectivity index (χ0) is 21.4. The summed E-state index contributed by atoms with van der Waals surface area (Å²) in [5.41, 5.74) is -2.82. The molecule has 0 fully saturated rings. The Bertz CT molecular complexity index is 1160. The van der Waals surface area contributed by atoms with Gasteiger partial charge in [-0.3, -0.25) is 9.52 Å². The van der Waals surface area contributed by atoms with Crippen LogP contribution in [0.2, 0.25) is 0 Å². The summed E-state index contributed by atoms with van der Waals surface area (Å²) >= 11 is 0. The molecular weight excluding hydrogens is 419 g/mol. The van der Waals surface area contributed by atoms with E-state index in [4.69, 9.17) is 0 Å². The first kappa shape index (κ1) is 20.5. The van der Waals surface area contributed by atoms with Gasteiger partial charge in [-0.2, -0.15) is 13.2 Å². The number of alkyl halides is 3. The van der Waals surface area contributed by atoms with Gasteiger partial charge in [0.2, 0.25) is 5.78 Å². The zero-order valence-corrected chi connectivity index (χ0v) is 15.0. The summed E-state index contributed by atoms with van der Waals surface area (Å²) in [4.78, 5) is 14.3. The number of sulfonamides is 1. The van der Waals surface area contributed by atoms with E-state index in [1.807, 2.05) is 4.72 Å². The quantitative estimate of drug-likeness (QED) is 0.467. The molecule has 2 N–H and O–H groups in total. The van der Waals surface area contributed by atoms with E-state index >= 15 is 0 Å². The van der Waals surface area contributed by atoms with Crippen molar-refractivity contribution in [1.82, 2.24) is 4.98 Å². The Morgan fingerprint density at radius 1 is 0.966 bits per heavy atom. The third-order valence-corrected chi connectivity index (χ3v) is 5.30. The highest BCUT2D eigenvalue weighted by atomic mass is 32.2. The van der Waals surface area contributed by atoms with Gasteiger partial charge in [0.25, 0.3) is 10.0 Å². The maximum Gasteiger partial charge on any atom is 0.416 e. The smallest absolute Gasteiger partial charge is 0.367 e. The lowest BCUT2D eigenvalue weighted by molar-refractivity contribution is -0.137. The number of aromatic amines is 1. The Kier molecular flexibility index (Phi) is 5.18. The van der Waals surface area contributed by atoms with Crippen molar-refractivity contribution in [2.45, 2.75) is 11.1 Å². The fourth-order valence-electron chi connectivity index (χ4n) is 2.48. The Morgan fingerprint density at radius 2 is 1.62 bits per heavy atom. The fraction of sp³-hybridized carbons (Fsp3) is 0.0556. The largest absolute Gasteiger partial charge is 0.416 e. The number of rotatable bonds is 5. The Balaban J connectivity index is 1.95. The monoisotopic (exact) mass is 430 g/mol. The number of halogens is 5. The molecule has 1 aromatic heterocycles. The highest BCUT2D eigenvalue weighted by Gasteiger charge is 2.31.